The number of hydrogen-bond acceptors (Lipinski definition) is 5. The zero-order valence-electron chi connectivity index (χ0n) is 10.7. The van der Waals surface area contributed by atoms with Gasteiger partial charge in [-0.2, -0.15) is 5.26 Å². The second-order valence-electron chi connectivity index (χ2n) is 4.04. The number of aryl methyl sites for hydroxylation is 1. The van der Waals surface area contributed by atoms with E-state index in [1.165, 1.54) is 0 Å². The molecule has 1 aromatic rings. The summed E-state index contributed by atoms with van der Waals surface area (Å²) in [5.74, 6) is -0.461. The van der Waals surface area contributed by atoms with E-state index in [-0.39, 0.29) is 12.5 Å². The van der Waals surface area contributed by atoms with Gasteiger partial charge in [-0.1, -0.05) is 0 Å². The second-order valence-corrected chi connectivity index (χ2v) is 4.04. The Bertz CT molecular complexity index is 481. The summed E-state index contributed by atoms with van der Waals surface area (Å²) >= 11 is 0. The molecule has 1 unspecified atom stereocenters. The first-order chi connectivity index (χ1) is 8.47. The zero-order valence-corrected chi connectivity index (χ0v) is 10.7. The van der Waals surface area contributed by atoms with Crippen molar-refractivity contribution < 1.29 is 9.90 Å². The third kappa shape index (κ3) is 3.42. The molecule has 0 amide bonds. The summed E-state index contributed by atoms with van der Waals surface area (Å²) in [4.78, 5) is 20.9. The van der Waals surface area contributed by atoms with E-state index in [1.54, 1.807) is 24.8 Å². The van der Waals surface area contributed by atoms with E-state index in [0.29, 0.717) is 23.9 Å². The van der Waals surface area contributed by atoms with Crippen molar-refractivity contribution in [3.63, 3.8) is 0 Å². The molecule has 0 aliphatic carbocycles. The standard InChI is InChI=1S/C12H16N4O2/c1-4-16(9(3)6-11(17)18)12-14-8(2)5-10(7-13)15-12/h5,9H,4,6H2,1-3H3,(H,17,18). The Kier molecular flexibility index (Phi) is 4.60. The van der Waals surface area contributed by atoms with Crippen molar-refractivity contribution in [3.8, 4) is 6.07 Å². The summed E-state index contributed by atoms with van der Waals surface area (Å²) in [6, 6.07) is 3.35. The molecule has 0 saturated carbocycles. The summed E-state index contributed by atoms with van der Waals surface area (Å²) in [6.07, 6.45) is 0.00697. The lowest BCUT2D eigenvalue weighted by molar-refractivity contribution is -0.137. The molecule has 0 spiro atoms. The minimum atomic E-state index is -0.867. The topological polar surface area (TPSA) is 90.1 Å². The van der Waals surface area contributed by atoms with Crippen LogP contribution in [0.4, 0.5) is 5.95 Å². The average Bonchev–Trinajstić information content (AvgIpc) is 2.28. The van der Waals surface area contributed by atoms with E-state index in [2.05, 4.69) is 9.97 Å². The van der Waals surface area contributed by atoms with Crippen LogP contribution in [0.15, 0.2) is 6.07 Å². The second kappa shape index (κ2) is 5.96. The third-order valence-electron chi connectivity index (χ3n) is 2.56. The van der Waals surface area contributed by atoms with Crippen LogP contribution in [-0.2, 0) is 4.79 Å². The van der Waals surface area contributed by atoms with Crippen molar-refractivity contribution in [2.24, 2.45) is 0 Å². The fourth-order valence-corrected chi connectivity index (χ4v) is 1.75. The molecule has 6 nitrogen and oxygen atoms in total. The van der Waals surface area contributed by atoms with Gasteiger partial charge in [-0.15, -0.1) is 0 Å². The van der Waals surface area contributed by atoms with E-state index < -0.39 is 5.97 Å². The summed E-state index contributed by atoms with van der Waals surface area (Å²) < 4.78 is 0. The highest BCUT2D eigenvalue weighted by atomic mass is 16.4. The highest BCUT2D eigenvalue weighted by molar-refractivity contribution is 5.68. The van der Waals surface area contributed by atoms with Gasteiger partial charge in [0.05, 0.1) is 6.42 Å². The number of nitrogens with zero attached hydrogens (tertiary/aromatic N) is 4. The molecule has 1 heterocycles. The molecular formula is C12H16N4O2. The van der Waals surface area contributed by atoms with Crippen LogP contribution in [0.2, 0.25) is 0 Å². The Morgan fingerprint density at radius 3 is 2.78 bits per heavy atom. The predicted molar refractivity (Wildman–Crippen MR) is 66.2 cm³/mol. The van der Waals surface area contributed by atoms with Crippen molar-refractivity contribution in [3.05, 3.63) is 17.5 Å². The minimum absolute atomic E-state index is 0.00697. The molecule has 0 aliphatic heterocycles. The van der Waals surface area contributed by atoms with E-state index in [4.69, 9.17) is 10.4 Å². The Hall–Kier alpha value is -2.16. The SMILES string of the molecule is CCN(c1nc(C)cc(C#N)n1)C(C)CC(=O)O. The molecule has 0 saturated heterocycles. The molecule has 0 fully saturated rings. The molecule has 0 bridgehead atoms. The lowest BCUT2D eigenvalue weighted by Gasteiger charge is -2.27. The Balaban J connectivity index is 3.05. The molecule has 0 aromatic carbocycles. The highest BCUT2D eigenvalue weighted by Crippen LogP contribution is 2.14. The fraction of sp³-hybridized carbons (Fsp3) is 0.500. The van der Waals surface area contributed by atoms with Crippen molar-refractivity contribution in [2.45, 2.75) is 33.2 Å². The number of rotatable bonds is 5. The van der Waals surface area contributed by atoms with Gasteiger partial charge in [0.25, 0.3) is 0 Å². The summed E-state index contributed by atoms with van der Waals surface area (Å²) in [5, 5.41) is 17.7. The molecule has 1 aromatic heterocycles. The molecular weight excluding hydrogens is 232 g/mol. The number of aromatic nitrogens is 2. The van der Waals surface area contributed by atoms with Crippen LogP contribution in [0.1, 0.15) is 31.7 Å². The number of carboxylic acids is 1. The molecule has 0 radical (unpaired) electrons. The highest BCUT2D eigenvalue weighted by Gasteiger charge is 2.18. The molecule has 96 valence electrons. The summed E-state index contributed by atoms with van der Waals surface area (Å²) in [5.41, 5.74) is 0.982. The molecule has 1 N–H and O–H groups in total. The maximum atomic E-state index is 10.7. The summed E-state index contributed by atoms with van der Waals surface area (Å²) in [6.45, 7) is 6.07. The van der Waals surface area contributed by atoms with Gasteiger partial charge in [0.1, 0.15) is 11.8 Å². The van der Waals surface area contributed by atoms with Crippen LogP contribution in [0.25, 0.3) is 0 Å². The lowest BCUT2D eigenvalue weighted by atomic mass is 10.2. The average molecular weight is 248 g/mol. The van der Waals surface area contributed by atoms with Crippen LogP contribution in [0.5, 0.6) is 0 Å². The Morgan fingerprint density at radius 1 is 1.61 bits per heavy atom. The van der Waals surface area contributed by atoms with Gasteiger partial charge in [0.2, 0.25) is 5.95 Å². The molecule has 6 heteroatoms. The van der Waals surface area contributed by atoms with Crippen LogP contribution >= 0.6 is 0 Å². The van der Waals surface area contributed by atoms with E-state index >= 15 is 0 Å². The van der Waals surface area contributed by atoms with Crippen LogP contribution in [0.3, 0.4) is 0 Å². The van der Waals surface area contributed by atoms with Gasteiger partial charge < -0.3 is 10.0 Å². The minimum Gasteiger partial charge on any atom is -0.481 e. The first-order valence-electron chi connectivity index (χ1n) is 5.72. The third-order valence-corrected chi connectivity index (χ3v) is 2.56. The van der Waals surface area contributed by atoms with E-state index in [0.717, 1.165) is 0 Å². The Morgan fingerprint density at radius 2 is 2.28 bits per heavy atom. The van der Waals surface area contributed by atoms with Gasteiger partial charge >= 0.3 is 5.97 Å². The van der Waals surface area contributed by atoms with Gasteiger partial charge in [0.15, 0.2) is 0 Å². The van der Waals surface area contributed by atoms with Crippen molar-refractivity contribution in [1.82, 2.24) is 9.97 Å². The number of anilines is 1. The largest absolute Gasteiger partial charge is 0.481 e. The van der Waals surface area contributed by atoms with Gasteiger partial charge in [-0.05, 0) is 26.8 Å². The predicted octanol–water partition coefficient (Wildman–Crippen LogP) is 1.35. The smallest absolute Gasteiger partial charge is 0.305 e. The van der Waals surface area contributed by atoms with Crippen molar-refractivity contribution in [2.75, 3.05) is 11.4 Å². The normalized spacial score (nSPS) is 11.7. The first kappa shape index (κ1) is 13.9. The molecule has 1 atom stereocenters. The molecule has 0 aliphatic rings. The van der Waals surface area contributed by atoms with Gasteiger partial charge in [-0.25, -0.2) is 9.97 Å². The zero-order chi connectivity index (χ0) is 13.7. The number of hydrogen-bond donors (Lipinski definition) is 1. The summed E-state index contributed by atoms with van der Waals surface area (Å²) in [7, 11) is 0. The quantitative estimate of drug-likeness (QED) is 0.845. The fourth-order valence-electron chi connectivity index (χ4n) is 1.75. The van der Waals surface area contributed by atoms with Crippen LogP contribution in [-0.4, -0.2) is 33.6 Å². The van der Waals surface area contributed by atoms with Crippen LogP contribution < -0.4 is 4.90 Å². The lowest BCUT2D eigenvalue weighted by Crippen LogP contribution is -2.36. The molecule has 18 heavy (non-hydrogen) atoms. The van der Waals surface area contributed by atoms with Crippen LogP contribution in [0, 0.1) is 18.3 Å². The number of aliphatic carboxylic acids is 1. The number of carbonyl (C=O) groups is 1. The maximum Gasteiger partial charge on any atom is 0.305 e. The van der Waals surface area contributed by atoms with Crippen molar-refractivity contribution in [1.29, 1.82) is 5.26 Å². The van der Waals surface area contributed by atoms with E-state index in [1.807, 2.05) is 13.0 Å². The van der Waals surface area contributed by atoms with E-state index in [9.17, 15) is 4.79 Å². The number of nitriles is 1. The number of carboxylic acid groups (broad SMARTS) is 1. The Labute approximate surface area is 106 Å². The monoisotopic (exact) mass is 248 g/mol. The van der Waals surface area contributed by atoms with Crippen molar-refractivity contribution >= 4 is 11.9 Å². The van der Waals surface area contributed by atoms with Gasteiger partial charge in [0, 0.05) is 18.3 Å². The molecule has 1 rings (SSSR count). The first-order valence-corrected chi connectivity index (χ1v) is 5.72. The maximum absolute atomic E-state index is 10.7. The van der Waals surface area contributed by atoms with Gasteiger partial charge in [-0.3, -0.25) is 4.79 Å².